The molecule has 2 aromatic heterocycles. The molecule has 1 aliphatic rings. The third kappa shape index (κ3) is 2.47. The van der Waals surface area contributed by atoms with Crippen molar-refractivity contribution in [3.63, 3.8) is 0 Å². The van der Waals surface area contributed by atoms with Gasteiger partial charge in [-0.3, -0.25) is 0 Å². The number of hydrogen-bond donors (Lipinski definition) is 1. The zero-order valence-electron chi connectivity index (χ0n) is 10.8. The lowest BCUT2D eigenvalue weighted by molar-refractivity contribution is 0.572. The van der Waals surface area contributed by atoms with Crippen molar-refractivity contribution < 1.29 is 0 Å². The van der Waals surface area contributed by atoms with Crippen LogP contribution in [0.15, 0.2) is 17.9 Å². The first kappa shape index (κ1) is 11.9. The van der Waals surface area contributed by atoms with E-state index in [1.165, 1.54) is 18.5 Å². The van der Waals surface area contributed by atoms with E-state index in [9.17, 15) is 0 Å². The maximum absolute atomic E-state index is 4.56. The molecule has 3 rings (SSSR count). The van der Waals surface area contributed by atoms with Crippen LogP contribution >= 0.6 is 11.3 Å². The van der Waals surface area contributed by atoms with Gasteiger partial charge in [0.05, 0.1) is 18.1 Å². The number of imidazole rings is 1. The first-order valence-electron chi connectivity index (χ1n) is 6.40. The Morgan fingerprint density at radius 1 is 1.56 bits per heavy atom. The highest BCUT2D eigenvalue weighted by molar-refractivity contribution is 7.09. The van der Waals surface area contributed by atoms with Crippen LogP contribution in [-0.4, -0.2) is 20.6 Å². The van der Waals surface area contributed by atoms with Gasteiger partial charge < -0.3 is 9.88 Å². The highest BCUT2D eigenvalue weighted by Gasteiger charge is 2.21. The minimum atomic E-state index is 0.266. The fourth-order valence-corrected chi connectivity index (χ4v) is 2.89. The number of nitrogens with one attached hydrogen (secondary N) is 1. The Balaban J connectivity index is 1.75. The minimum Gasteiger partial charge on any atom is -0.324 e. The first-order chi connectivity index (χ1) is 8.74. The molecule has 0 radical (unpaired) electrons. The SMILES string of the molecule is Cc1csc(C(C)n2cncc2CNC2CC2)n1. The molecule has 0 amide bonds. The van der Waals surface area contributed by atoms with Crippen molar-refractivity contribution in [3.05, 3.63) is 34.3 Å². The first-order valence-corrected chi connectivity index (χ1v) is 7.28. The predicted molar refractivity (Wildman–Crippen MR) is 72.8 cm³/mol. The van der Waals surface area contributed by atoms with Gasteiger partial charge in [-0.2, -0.15) is 0 Å². The number of hydrogen-bond acceptors (Lipinski definition) is 4. The van der Waals surface area contributed by atoms with Gasteiger partial charge in [0.1, 0.15) is 5.01 Å². The minimum absolute atomic E-state index is 0.266. The normalized spacial score (nSPS) is 17.0. The molecule has 0 aliphatic heterocycles. The molecule has 18 heavy (non-hydrogen) atoms. The van der Waals surface area contributed by atoms with Crippen molar-refractivity contribution in [2.75, 3.05) is 0 Å². The van der Waals surface area contributed by atoms with E-state index < -0.39 is 0 Å². The number of rotatable bonds is 5. The molecule has 2 heterocycles. The molecule has 2 aromatic rings. The van der Waals surface area contributed by atoms with Crippen LogP contribution in [0, 0.1) is 6.92 Å². The van der Waals surface area contributed by atoms with E-state index in [0.717, 1.165) is 23.3 Å². The highest BCUT2D eigenvalue weighted by Crippen LogP contribution is 2.24. The summed E-state index contributed by atoms with van der Waals surface area (Å²) in [6, 6.07) is 0.993. The summed E-state index contributed by atoms with van der Waals surface area (Å²) < 4.78 is 2.22. The van der Waals surface area contributed by atoms with E-state index in [0.29, 0.717) is 0 Å². The van der Waals surface area contributed by atoms with Crippen molar-refractivity contribution in [2.24, 2.45) is 0 Å². The Bertz CT molecular complexity index is 527. The molecule has 0 saturated heterocycles. The van der Waals surface area contributed by atoms with Crippen molar-refractivity contribution >= 4 is 11.3 Å². The summed E-state index contributed by atoms with van der Waals surface area (Å²) in [5.74, 6) is 0. The molecule has 1 atom stereocenters. The quantitative estimate of drug-likeness (QED) is 0.900. The fourth-order valence-electron chi connectivity index (χ4n) is 2.04. The van der Waals surface area contributed by atoms with Crippen LogP contribution in [0.5, 0.6) is 0 Å². The molecule has 1 aliphatic carbocycles. The summed E-state index contributed by atoms with van der Waals surface area (Å²) in [7, 11) is 0. The molecule has 1 saturated carbocycles. The Hall–Kier alpha value is -1.20. The summed E-state index contributed by atoms with van der Waals surface area (Å²) in [5, 5.41) is 6.79. The van der Waals surface area contributed by atoms with Crippen molar-refractivity contribution in [1.29, 1.82) is 0 Å². The molecule has 1 fully saturated rings. The summed E-state index contributed by atoms with van der Waals surface area (Å²) >= 11 is 1.72. The number of thiazole rings is 1. The standard InChI is InChI=1S/C13H18N4S/c1-9-7-18-13(16-9)10(2)17-8-14-5-12(17)6-15-11-3-4-11/h5,7-8,10-11,15H,3-4,6H2,1-2H3. The van der Waals surface area contributed by atoms with Gasteiger partial charge >= 0.3 is 0 Å². The van der Waals surface area contributed by atoms with Gasteiger partial charge in [0.25, 0.3) is 0 Å². The molecule has 5 heteroatoms. The van der Waals surface area contributed by atoms with Gasteiger partial charge in [0.15, 0.2) is 0 Å². The van der Waals surface area contributed by atoms with Crippen LogP contribution in [0.25, 0.3) is 0 Å². The molecule has 96 valence electrons. The van der Waals surface area contributed by atoms with E-state index in [-0.39, 0.29) is 6.04 Å². The summed E-state index contributed by atoms with van der Waals surface area (Å²) in [6.07, 6.45) is 6.49. The van der Waals surface area contributed by atoms with Gasteiger partial charge in [-0.05, 0) is 26.7 Å². The van der Waals surface area contributed by atoms with Crippen molar-refractivity contribution in [1.82, 2.24) is 19.9 Å². The highest BCUT2D eigenvalue weighted by atomic mass is 32.1. The summed E-state index contributed by atoms with van der Waals surface area (Å²) in [6.45, 7) is 5.12. The maximum Gasteiger partial charge on any atom is 0.115 e. The van der Waals surface area contributed by atoms with Gasteiger partial charge in [-0.15, -0.1) is 11.3 Å². The third-order valence-corrected chi connectivity index (χ3v) is 4.44. The average molecular weight is 262 g/mol. The second-order valence-electron chi connectivity index (χ2n) is 4.95. The third-order valence-electron chi connectivity index (χ3n) is 3.31. The lowest BCUT2D eigenvalue weighted by atomic mass is 10.3. The largest absolute Gasteiger partial charge is 0.324 e. The molecule has 0 spiro atoms. The molecular formula is C13H18N4S. The molecule has 4 nitrogen and oxygen atoms in total. The van der Waals surface area contributed by atoms with Crippen LogP contribution in [0.1, 0.15) is 42.2 Å². The van der Waals surface area contributed by atoms with Gasteiger partial charge in [0.2, 0.25) is 0 Å². The van der Waals surface area contributed by atoms with E-state index in [4.69, 9.17) is 0 Å². The van der Waals surface area contributed by atoms with Crippen LogP contribution in [0.3, 0.4) is 0 Å². The second kappa shape index (κ2) is 4.82. The fraction of sp³-hybridized carbons (Fsp3) is 0.538. The lowest BCUT2D eigenvalue weighted by Gasteiger charge is -2.14. The second-order valence-corrected chi connectivity index (χ2v) is 5.84. The molecule has 0 bridgehead atoms. The molecular weight excluding hydrogens is 244 g/mol. The van der Waals surface area contributed by atoms with Crippen molar-refractivity contribution in [2.45, 2.75) is 45.3 Å². The smallest absolute Gasteiger partial charge is 0.115 e. The molecule has 1 unspecified atom stereocenters. The van der Waals surface area contributed by atoms with Crippen LogP contribution in [0.2, 0.25) is 0 Å². The van der Waals surface area contributed by atoms with E-state index in [2.05, 4.69) is 32.2 Å². The topological polar surface area (TPSA) is 42.7 Å². The van der Waals surface area contributed by atoms with Crippen LogP contribution in [0.4, 0.5) is 0 Å². The van der Waals surface area contributed by atoms with Crippen LogP contribution < -0.4 is 5.32 Å². The number of aryl methyl sites for hydroxylation is 1. The summed E-state index contributed by atoms with van der Waals surface area (Å²) in [4.78, 5) is 8.84. The number of aromatic nitrogens is 3. The predicted octanol–water partition coefficient (Wildman–Crippen LogP) is 2.51. The van der Waals surface area contributed by atoms with E-state index >= 15 is 0 Å². The Morgan fingerprint density at radius 3 is 3.06 bits per heavy atom. The van der Waals surface area contributed by atoms with Gasteiger partial charge in [-0.25, -0.2) is 9.97 Å². The van der Waals surface area contributed by atoms with Crippen molar-refractivity contribution in [3.8, 4) is 0 Å². The number of nitrogens with zero attached hydrogens (tertiary/aromatic N) is 3. The van der Waals surface area contributed by atoms with Gasteiger partial charge in [0, 0.05) is 29.9 Å². The Kier molecular flexibility index (Phi) is 3.18. The lowest BCUT2D eigenvalue weighted by Crippen LogP contribution is -2.19. The maximum atomic E-state index is 4.56. The van der Waals surface area contributed by atoms with Gasteiger partial charge in [-0.1, -0.05) is 0 Å². The molecule has 1 N–H and O–H groups in total. The average Bonchev–Trinajstić information content (AvgIpc) is 2.90. The zero-order chi connectivity index (χ0) is 12.5. The monoisotopic (exact) mass is 262 g/mol. The summed E-state index contributed by atoms with van der Waals surface area (Å²) in [5.41, 5.74) is 2.34. The Morgan fingerprint density at radius 2 is 2.39 bits per heavy atom. The molecule has 0 aromatic carbocycles. The zero-order valence-corrected chi connectivity index (χ0v) is 11.6. The van der Waals surface area contributed by atoms with E-state index in [1.807, 2.05) is 19.4 Å². The van der Waals surface area contributed by atoms with E-state index in [1.54, 1.807) is 11.3 Å². The van der Waals surface area contributed by atoms with Crippen LogP contribution in [-0.2, 0) is 6.54 Å². The Labute approximate surface area is 111 Å².